The Morgan fingerprint density at radius 1 is 1.39 bits per heavy atom. The molecule has 1 saturated heterocycles. The molecule has 0 saturated carbocycles. The summed E-state index contributed by atoms with van der Waals surface area (Å²) in [6.07, 6.45) is 4.37. The quantitative estimate of drug-likeness (QED) is 0.711. The van der Waals surface area contributed by atoms with Crippen molar-refractivity contribution in [1.82, 2.24) is 9.80 Å². The second-order valence-electron chi connectivity index (χ2n) is 5.95. The summed E-state index contributed by atoms with van der Waals surface area (Å²) in [6, 6.07) is 0.718. The van der Waals surface area contributed by atoms with Gasteiger partial charge in [-0.15, -0.1) is 0 Å². The predicted octanol–water partition coefficient (Wildman–Crippen LogP) is 0.892. The fraction of sp³-hybridized carbons (Fsp3) is 1.00. The highest BCUT2D eigenvalue weighted by atomic mass is 16.3. The second-order valence-corrected chi connectivity index (χ2v) is 5.95. The number of nitrogens with zero attached hydrogens (tertiary/aromatic N) is 2. The van der Waals surface area contributed by atoms with Gasteiger partial charge in [-0.25, -0.2) is 0 Å². The smallest absolute Gasteiger partial charge is 0.0741 e. The summed E-state index contributed by atoms with van der Waals surface area (Å²) >= 11 is 0. The van der Waals surface area contributed by atoms with Gasteiger partial charge in [0.15, 0.2) is 0 Å². The first-order valence-corrected chi connectivity index (χ1v) is 7.33. The van der Waals surface area contributed by atoms with Crippen LogP contribution in [0.5, 0.6) is 0 Å². The van der Waals surface area contributed by atoms with Gasteiger partial charge in [0.2, 0.25) is 0 Å². The molecule has 0 aromatic rings. The molecule has 1 aliphatic heterocycles. The fourth-order valence-electron chi connectivity index (χ4n) is 2.67. The number of hydrogen-bond donors (Lipinski definition) is 2. The van der Waals surface area contributed by atoms with Crippen molar-refractivity contribution in [1.29, 1.82) is 0 Å². The van der Waals surface area contributed by atoms with E-state index < -0.39 is 5.60 Å². The summed E-state index contributed by atoms with van der Waals surface area (Å²) in [6.45, 7) is 9.11. The largest absolute Gasteiger partial charge is 0.389 e. The zero-order valence-electron chi connectivity index (χ0n) is 12.4. The maximum Gasteiger partial charge on any atom is 0.0741 e. The van der Waals surface area contributed by atoms with E-state index in [0.29, 0.717) is 6.54 Å². The first kappa shape index (κ1) is 15.9. The lowest BCUT2D eigenvalue weighted by Gasteiger charge is -2.36. The van der Waals surface area contributed by atoms with Gasteiger partial charge in [0, 0.05) is 12.6 Å². The molecule has 3 N–H and O–H groups in total. The summed E-state index contributed by atoms with van der Waals surface area (Å²) in [4.78, 5) is 4.98. The van der Waals surface area contributed by atoms with Crippen molar-refractivity contribution < 1.29 is 5.11 Å². The molecule has 1 unspecified atom stereocenters. The summed E-state index contributed by atoms with van der Waals surface area (Å²) < 4.78 is 0. The Hall–Kier alpha value is -0.160. The van der Waals surface area contributed by atoms with Crippen molar-refractivity contribution in [2.75, 3.05) is 39.8 Å². The molecule has 1 heterocycles. The van der Waals surface area contributed by atoms with Gasteiger partial charge >= 0.3 is 0 Å². The lowest BCUT2D eigenvalue weighted by molar-refractivity contribution is 0.0515. The zero-order chi connectivity index (χ0) is 13.6. The van der Waals surface area contributed by atoms with Crippen LogP contribution in [-0.2, 0) is 0 Å². The van der Waals surface area contributed by atoms with Crippen LogP contribution in [-0.4, -0.2) is 66.3 Å². The highest BCUT2D eigenvalue weighted by Crippen LogP contribution is 2.17. The molecule has 0 radical (unpaired) electrons. The van der Waals surface area contributed by atoms with Crippen LogP contribution in [0.15, 0.2) is 0 Å². The predicted molar refractivity (Wildman–Crippen MR) is 76.7 cm³/mol. The first-order valence-electron chi connectivity index (χ1n) is 7.33. The van der Waals surface area contributed by atoms with E-state index in [-0.39, 0.29) is 0 Å². The van der Waals surface area contributed by atoms with E-state index >= 15 is 0 Å². The molecule has 108 valence electrons. The first-order chi connectivity index (χ1) is 8.48. The van der Waals surface area contributed by atoms with Crippen LogP contribution in [0.2, 0.25) is 0 Å². The van der Waals surface area contributed by atoms with Crippen LogP contribution in [0.3, 0.4) is 0 Å². The molecule has 4 heteroatoms. The molecule has 18 heavy (non-hydrogen) atoms. The zero-order valence-corrected chi connectivity index (χ0v) is 12.4. The molecular formula is C14H31N3O. The third kappa shape index (κ3) is 5.22. The van der Waals surface area contributed by atoms with Crippen LogP contribution in [0, 0.1) is 0 Å². The van der Waals surface area contributed by atoms with Gasteiger partial charge in [-0.1, -0.05) is 6.92 Å². The number of nitrogens with two attached hydrogens (primary N) is 1. The SMILES string of the molecule is CCN1CCC(N(C)CCCC(C)(O)CN)CC1. The average Bonchev–Trinajstić information content (AvgIpc) is 2.38. The van der Waals surface area contributed by atoms with Crippen LogP contribution >= 0.6 is 0 Å². The Bertz CT molecular complexity index is 225. The minimum Gasteiger partial charge on any atom is -0.389 e. The third-order valence-electron chi connectivity index (χ3n) is 4.29. The Morgan fingerprint density at radius 2 is 2.00 bits per heavy atom. The molecule has 1 aliphatic rings. The van der Waals surface area contributed by atoms with Gasteiger partial charge < -0.3 is 20.6 Å². The topological polar surface area (TPSA) is 52.7 Å². The Morgan fingerprint density at radius 3 is 2.50 bits per heavy atom. The highest BCUT2D eigenvalue weighted by molar-refractivity contribution is 4.79. The van der Waals surface area contributed by atoms with E-state index in [9.17, 15) is 5.11 Å². The van der Waals surface area contributed by atoms with Gasteiger partial charge in [0.25, 0.3) is 0 Å². The van der Waals surface area contributed by atoms with Gasteiger partial charge in [-0.3, -0.25) is 0 Å². The van der Waals surface area contributed by atoms with Crippen molar-refractivity contribution in [3.63, 3.8) is 0 Å². The summed E-state index contributed by atoms with van der Waals surface area (Å²) in [7, 11) is 2.21. The molecule has 1 fully saturated rings. The Kier molecular flexibility index (Phi) is 6.57. The molecule has 0 aromatic carbocycles. The second kappa shape index (κ2) is 7.43. The number of piperidine rings is 1. The lowest BCUT2D eigenvalue weighted by atomic mass is 9.99. The fourth-order valence-corrected chi connectivity index (χ4v) is 2.67. The minimum atomic E-state index is -0.688. The molecule has 0 spiro atoms. The maximum atomic E-state index is 9.86. The lowest BCUT2D eigenvalue weighted by Crippen LogP contribution is -2.44. The number of rotatable bonds is 7. The molecule has 4 nitrogen and oxygen atoms in total. The van der Waals surface area contributed by atoms with E-state index in [0.717, 1.165) is 25.4 Å². The highest BCUT2D eigenvalue weighted by Gasteiger charge is 2.22. The van der Waals surface area contributed by atoms with Crippen molar-refractivity contribution in [2.24, 2.45) is 5.73 Å². The van der Waals surface area contributed by atoms with E-state index in [4.69, 9.17) is 5.73 Å². The Labute approximate surface area is 112 Å². The molecule has 1 atom stereocenters. The average molecular weight is 257 g/mol. The van der Waals surface area contributed by atoms with Gasteiger partial charge in [0.1, 0.15) is 0 Å². The molecule has 0 aliphatic carbocycles. The molecule has 0 bridgehead atoms. The number of hydrogen-bond acceptors (Lipinski definition) is 4. The van der Waals surface area contributed by atoms with Crippen LogP contribution in [0.1, 0.15) is 39.5 Å². The molecular weight excluding hydrogens is 226 g/mol. The molecule has 0 amide bonds. The van der Waals surface area contributed by atoms with Crippen molar-refractivity contribution in [2.45, 2.75) is 51.2 Å². The standard InChI is InChI=1S/C14H31N3O/c1-4-17-10-6-13(7-11-17)16(3)9-5-8-14(2,18)12-15/h13,18H,4-12,15H2,1-3H3. The Balaban J connectivity index is 2.19. The van der Waals surface area contributed by atoms with E-state index in [1.165, 1.54) is 32.5 Å². The third-order valence-corrected chi connectivity index (χ3v) is 4.29. The van der Waals surface area contributed by atoms with E-state index in [1.54, 1.807) is 0 Å². The van der Waals surface area contributed by atoms with Crippen LogP contribution in [0.4, 0.5) is 0 Å². The molecule has 1 rings (SSSR count). The number of aliphatic hydroxyl groups is 1. The van der Waals surface area contributed by atoms with Gasteiger partial charge in [-0.2, -0.15) is 0 Å². The van der Waals surface area contributed by atoms with Crippen molar-refractivity contribution in [3.05, 3.63) is 0 Å². The summed E-state index contributed by atoms with van der Waals surface area (Å²) in [5.74, 6) is 0. The normalized spacial score (nSPS) is 22.3. The van der Waals surface area contributed by atoms with E-state index in [2.05, 4.69) is 23.8 Å². The summed E-state index contributed by atoms with van der Waals surface area (Å²) in [5.41, 5.74) is 4.84. The van der Waals surface area contributed by atoms with Crippen molar-refractivity contribution in [3.8, 4) is 0 Å². The van der Waals surface area contributed by atoms with Crippen LogP contribution in [0.25, 0.3) is 0 Å². The minimum absolute atomic E-state index is 0.353. The van der Waals surface area contributed by atoms with Gasteiger partial charge in [0.05, 0.1) is 5.60 Å². The number of likely N-dealkylation sites (tertiary alicyclic amines) is 1. The van der Waals surface area contributed by atoms with E-state index in [1.807, 2.05) is 6.92 Å². The van der Waals surface area contributed by atoms with Crippen LogP contribution < -0.4 is 5.73 Å². The summed E-state index contributed by atoms with van der Waals surface area (Å²) in [5, 5.41) is 9.86. The molecule has 0 aromatic heterocycles. The van der Waals surface area contributed by atoms with Crippen molar-refractivity contribution >= 4 is 0 Å². The maximum absolute atomic E-state index is 9.86. The van der Waals surface area contributed by atoms with Gasteiger partial charge in [-0.05, 0) is 65.8 Å². The monoisotopic (exact) mass is 257 g/mol.